The van der Waals surface area contributed by atoms with Crippen molar-refractivity contribution in [3.05, 3.63) is 17.8 Å². The Hall–Kier alpha value is -1.14. The van der Waals surface area contributed by atoms with Gasteiger partial charge < -0.3 is 4.90 Å². The van der Waals surface area contributed by atoms with Crippen LogP contribution in [0, 0.1) is 0 Å². The highest BCUT2D eigenvalue weighted by Crippen LogP contribution is 2.27. The topological polar surface area (TPSA) is 46.1 Å². The lowest BCUT2D eigenvalue weighted by Crippen LogP contribution is -2.27. The van der Waals surface area contributed by atoms with E-state index in [4.69, 9.17) is 0 Å². The number of amides is 1. The van der Waals surface area contributed by atoms with Gasteiger partial charge in [-0.15, -0.1) is 11.3 Å². The Labute approximate surface area is 108 Å². The second kappa shape index (κ2) is 5.46. The summed E-state index contributed by atoms with van der Waals surface area (Å²) in [5.41, 5.74) is 0. The molecule has 4 nitrogen and oxygen atoms in total. The largest absolute Gasteiger partial charge is 0.345 e. The zero-order valence-corrected chi connectivity index (χ0v) is 11.3. The van der Waals surface area contributed by atoms with Gasteiger partial charge >= 0.3 is 0 Å². The maximum Gasteiger partial charge on any atom is 0.232 e. The number of carbonyl (C=O) groups is 1. The summed E-state index contributed by atoms with van der Waals surface area (Å²) in [6.07, 6.45) is 1.55. The number of hydrogen-bond donors (Lipinski definition) is 0. The molecule has 0 atom stereocenters. The predicted octanol–water partition coefficient (Wildman–Crippen LogP) is 2.26. The SMILES string of the molecule is CCN(C)C(=O)CSc1ncnc2sccc12. The molecule has 2 aromatic rings. The highest BCUT2D eigenvalue weighted by Gasteiger charge is 2.10. The molecule has 6 heteroatoms. The smallest absolute Gasteiger partial charge is 0.232 e. The minimum Gasteiger partial charge on any atom is -0.345 e. The molecule has 0 aliphatic heterocycles. The van der Waals surface area contributed by atoms with Crippen molar-refractivity contribution in [2.75, 3.05) is 19.3 Å². The molecule has 0 saturated heterocycles. The Morgan fingerprint density at radius 2 is 2.35 bits per heavy atom. The number of rotatable bonds is 4. The summed E-state index contributed by atoms with van der Waals surface area (Å²) in [4.78, 5) is 22.8. The van der Waals surface area contributed by atoms with Crippen LogP contribution in [0.25, 0.3) is 10.2 Å². The Balaban J connectivity index is 2.09. The molecule has 2 heterocycles. The third-order valence-electron chi connectivity index (χ3n) is 2.46. The summed E-state index contributed by atoms with van der Waals surface area (Å²) in [5.74, 6) is 0.547. The first kappa shape index (κ1) is 12.3. The maximum absolute atomic E-state index is 11.7. The van der Waals surface area contributed by atoms with E-state index < -0.39 is 0 Å². The summed E-state index contributed by atoms with van der Waals surface area (Å²) in [5, 5.41) is 3.91. The molecule has 0 bridgehead atoms. The summed E-state index contributed by atoms with van der Waals surface area (Å²) in [7, 11) is 1.81. The zero-order valence-electron chi connectivity index (χ0n) is 9.71. The van der Waals surface area contributed by atoms with Gasteiger partial charge in [-0.2, -0.15) is 0 Å². The average molecular weight is 267 g/mol. The van der Waals surface area contributed by atoms with Crippen LogP contribution in [0.1, 0.15) is 6.92 Å². The van der Waals surface area contributed by atoms with Crippen molar-refractivity contribution in [2.45, 2.75) is 11.9 Å². The van der Waals surface area contributed by atoms with E-state index in [1.807, 2.05) is 25.4 Å². The molecule has 2 aromatic heterocycles. The highest BCUT2D eigenvalue weighted by atomic mass is 32.2. The minimum atomic E-state index is 0.125. The molecule has 0 radical (unpaired) electrons. The first-order valence-electron chi connectivity index (χ1n) is 5.27. The first-order chi connectivity index (χ1) is 8.22. The van der Waals surface area contributed by atoms with Crippen LogP contribution in [0.3, 0.4) is 0 Å². The van der Waals surface area contributed by atoms with E-state index >= 15 is 0 Å². The lowest BCUT2D eigenvalue weighted by molar-refractivity contribution is -0.126. The third-order valence-corrected chi connectivity index (χ3v) is 4.27. The molecule has 2 rings (SSSR count). The standard InChI is InChI=1S/C11H13N3OS2/c1-3-14(2)9(15)6-17-11-8-4-5-16-10(8)12-7-13-11/h4-5,7H,3,6H2,1-2H3. The van der Waals surface area contributed by atoms with Gasteiger partial charge in [0.2, 0.25) is 5.91 Å². The van der Waals surface area contributed by atoms with Gasteiger partial charge in [-0.1, -0.05) is 11.8 Å². The van der Waals surface area contributed by atoms with Gasteiger partial charge in [0.25, 0.3) is 0 Å². The zero-order chi connectivity index (χ0) is 12.3. The van der Waals surface area contributed by atoms with Crippen molar-refractivity contribution < 1.29 is 4.79 Å². The van der Waals surface area contributed by atoms with Crippen LogP contribution in [0.15, 0.2) is 22.8 Å². The molecule has 0 unspecified atom stereocenters. The molecule has 0 N–H and O–H groups in total. The van der Waals surface area contributed by atoms with Crippen LogP contribution in [-0.4, -0.2) is 40.1 Å². The Morgan fingerprint density at radius 3 is 3.12 bits per heavy atom. The number of aromatic nitrogens is 2. The summed E-state index contributed by atoms with van der Waals surface area (Å²) < 4.78 is 0. The van der Waals surface area contributed by atoms with Gasteiger partial charge in [-0.3, -0.25) is 4.79 Å². The second-order valence-corrected chi connectivity index (χ2v) is 5.37. The molecular weight excluding hydrogens is 254 g/mol. The molecule has 0 aliphatic rings. The number of thioether (sulfide) groups is 1. The lowest BCUT2D eigenvalue weighted by Gasteiger charge is -2.13. The van der Waals surface area contributed by atoms with Gasteiger partial charge in [0, 0.05) is 19.0 Å². The van der Waals surface area contributed by atoms with E-state index in [0.717, 1.165) is 21.8 Å². The van der Waals surface area contributed by atoms with Crippen LogP contribution in [0.5, 0.6) is 0 Å². The Morgan fingerprint density at radius 1 is 1.53 bits per heavy atom. The van der Waals surface area contributed by atoms with Gasteiger partial charge in [0.05, 0.1) is 5.75 Å². The second-order valence-electron chi connectivity index (χ2n) is 3.51. The summed E-state index contributed by atoms with van der Waals surface area (Å²) >= 11 is 3.06. The number of fused-ring (bicyclic) bond motifs is 1. The number of hydrogen-bond acceptors (Lipinski definition) is 5. The van der Waals surface area contributed by atoms with Crippen molar-refractivity contribution >= 4 is 39.2 Å². The number of thiophene rings is 1. The highest BCUT2D eigenvalue weighted by molar-refractivity contribution is 8.00. The van der Waals surface area contributed by atoms with Crippen molar-refractivity contribution in [3.63, 3.8) is 0 Å². The van der Waals surface area contributed by atoms with Crippen molar-refractivity contribution in [1.29, 1.82) is 0 Å². The van der Waals surface area contributed by atoms with Crippen molar-refractivity contribution in [2.24, 2.45) is 0 Å². The molecule has 90 valence electrons. The van der Waals surface area contributed by atoms with E-state index in [9.17, 15) is 4.79 Å². The van der Waals surface area contributed by atoms with Gasteiger partial charge in [-0.25, -0.2) is 9.97 Å². The molecule has 0 spiro atoms. The normalized spacial score (nSPS) is 10.7. The molecular formula is C11H13N3OS2. The van der Waals surface area contributed by atoms with Crippen LogP contribution >= 0.6 is 23.1 Å². The predicted molar refractivity (Wildman–Crippen MR) is 71.5 cm³/mol. The molecule has 0 aliphatic carbocycles. The molecule has 17 heavy (non-hydrogen) atoms. The quantitative estimate of drug-likeness (QED) is 0.629. The average Bonchev–Trinajstić information content (AvgIpc) is 2.83. The number of nitrogens with zero attached hydrogens (tertiary/aromatic N) is 3. The van der Waals surface area contributed by atoms with E-state index in [0.29, 0.717) is 5.75 Å². The van der Waals surface area contributed by atoms with Gasteiger partial charge in [-0.05, 0) is 18.4 Å². The molecule has 0 aromatic carbocycles. The fourth-order valence-corrected chi connectivity index (χ4v) is 3.02. The number of carbonyl (C=O) groups excluding carboxylic acids is 1. The van der Waals surface area contributed by atoms with Crippen LogP contribution in [0.2, 0.25) is 0 Å². The van der Waals surface area contributed by atoms with Gasteiger partial charge in [0.15, 0.2) is 0 Å². The van der Waals surface area contributed by atoms with Crippen LogP contribution < -0.4 is 0 Å². The summed E-state index contributed by atoms with van der Waals surface area (Å²) in [6.45, 7) is 2.70. The van der Waals surface area contributed by atoms with Crippen molar-refractivity contribution in [3.8, 4) is 0 Å². The Bertz CT molecular complexity index is 526. The van der Waals surface area contributed by atoms with E-state index in [1.165, 1.54) is 11.8 Å². The van der Waals surface area contributed by atoms with Gasteiger partial charge in [0.1, 0.15) is 16.2 Å². The van der Waals surface area contributed by atoms with E-state index in [-0.39, 0.29) is 5.91 Å². The van der Waals surface area contributed by atoms with Crippen LogP contribution in [-0.2, 0) is 4.79 Å². The first-order valence-corrected chi connectivity index (χ1v) is 7.14. The molecule has 1 amide bonds. The minimum absolute atomic E-state index is 0.125. The van der Waals surface area contributed by atoms with E-state index in [1.54, 1.807) is 22.6 Å². The van der Waals surface area contributed by atoms with Crippen molar-refractivity contribution in [1.82, 2.24) is 14.9 Å². The third kappa shape index (κ3) is 2.76. The fourth-order valence-electron chi connectivity index (χ4n) is 1.30. The fraction of sp³-hybridized carbons (Fsp3) is 0.364. The van der Waals surface area contributed by atoms with Crippen LogP contribution in [0.4, 0.5) is 0 Å². The lowest BCUT2D eigenvalue weighted by atomic mass is 10.4. The Kier molecular flexibility index (Phi) is 3.96. The summed E-state index contributed by atoms with van der Waals surface area (Å²) in [6, 6.07) is 2.00. The maximum atomic E-state index is 11.7. The molecule has 0 fully saturated rings. The van der Waals surface area contributed by atoms with E-state index in [2.05, 4.69) is 9.97 Å². The molecule has 0 saturated carbocycles. The monoisotopic (exact) mass is 267 g/mol.